The minimum Gasteiger partial charge on any atom is -0.367 e. The molecular weight excluding hydrogens is 260 g/mol. The first kappa shape index (κ1) is 11.3. The molecule has 4 rings (SSSR count). The molecule has 2 N–H and O–H groups in total. The minimum atomic E-state index is 0.639. The van der Waals surface area contributed by atoms with Crippen molar-refractivity contribution in [3.63, 3.8) is 0 Å². The third kappa shape index (κ3) is 2.60. The van der Waals surface area contributed by atoms with Crippen LogP contribution < -0.4 is 10.6 Å². The Morgan fingerprint density at radius 1 is 0.842 bits per heavy atom. The van der Waals surface area contributed by atoms with E-state index < -0.39 is 0 Å². The van der Waals surface area contributed by atoms with Crippen LogP contribution in [0.5, 0.6) is 0 Å². The molecule has 7 heteroatoms. The largest absolute Gasteiger partial charge is 0.367 e. The Morgan fingerprint density at radius 3 is 1.74 bits per heavy atom. The second-order valence-corrected chi connectivity index (χ2v) is 6.01. The van der Waals surface area contributed by atoms with Gasteiger partial charge in [0.15, 0.2) is 11.6 Å². The van der Waals surface area contributed by atoms with Crippen LogP contribution in [0, 0.1) is 11.8 Å². The van der Waals surface area contributed by atoms with E-state index >= 15 is 0 Å². The van der Waals surface area contributed by atoms with E-state index in [1.807, 2.05) is 0 Å². The van der Waals surface area contributed by atoms with Crippen molar-refractivity contribution in [2.75, 3.05) is 23.7 Å². The average molecular weight is 276 g/mol. The van der Waals surface area contributed by atoms with Gasteiger partial charge in [0.05, 0.1) is 11.7 Å². The van der Waals surface area contributed by atoms with Crippen LogP contribution in [0.15, 0.2) is 0 Å². The van der Waals surface area contributed by atoms with Crippen molar-refractivity contribution in [3.8, 4) is 0 Å². The first-order valence-corrected chi connectivity index (χ1v) is 7.59. The summed E-state index contributed by atoms with van der Waals surface area (Å²) in [5.41, 5.74) is 1.28. The predicted molar refractivity (Wildman–Crippen MR) is 75.4 cm³/mol. The van der Waals surface area contributed by atoms with Gasteiger partial charge in [-0.1, -0.05) is 0 Å². The summed E-state index contributed by atoms with van der Waals surface area (Å²) in [6, 6.07) is 0. The van der Waals surface area contributed by atoms with Crippen molar-refractivity contribution in [2.45, 2.75) is 25.7 Å². The maximum atomic E-state index is 4.53. The molecule has 0 atom stereocenters. The Balaban J connectivity index is 1.58. The zero-order valence-corrected chi connectivity index (χ0v) is 11.4. The van der Waals surface area contributed by atoms with Gasteiger partial charge in [-0.05, 0) is 37.5 Å². The van der Waals surface area contributed by atoms with Gasteiger partial charge in [0.1, 0.15) is 0 Å². The minimum absolute atomic E-state index is 0.639. The van der Waals surface area contributed by atoms with Crippen LogP contribution in [-0.4, -0.2) is 31.8 Å². The number of aromatic nitrogens is 4. The smallest absolute Gasteiger partial charge is 0.214 e. The molecule has 0 aliphatic heterocycles. The van der Waals surface area contributed by atoms with E-state index in [9.17, 15) is 0 Å². The molecule has 0 spiro atoms. The number of hydrogen-bond acceptors (Lipinski definition) is 7. The van der Waals surface area contributed by atoms with E-state index in [0.29, 0.717) is 11.3 Å². The Bertz CT molecular complexity index is 539. The van der Waals surface area contributed by atoms with E-state index in [1.54, 1.807) is 0 Å². The third-order valence-corrected chi connectivity index (χ3v) is 4.13. The normalized spacial score (nSPS) is 18.7. The van der Waals surface area contributed by atoms with Crippen molar-refractivity contribution in [1.29, 1.82) is 0 Å². The summed E-state index contributed by atoms with van der Waals surface area (Å²) in [7, 11) is 0. The van der Waals surface area contributed by atoms with Crippen molar-refractivity contribution in [3.05, 3.63) is 0 Å². The molecule has 19 heavy (non-hydrogen) atoms. The van der Waals surface area contributed by atoms with E-state index in [-0.39, 0.29) is 0 Å². The quantitative estimate of drug-likeness (QED) is 0.841. The first-order valence-electron chi connectivity index (χ1n) is 6.86. The molecule has 2 saturated carbocycles. The lowest BCUT2D eigenvalue weighted by atomic mass is 10.4. The molecule has 2 fully saturated rings. The monoisotopic (exact) mass is 276 g/mol. The van der Waals surface area contributed by atoms with Crippen LogP contribution in [-0.2, 0) is 0 Å². The molecule has 2 aliphatic carbocycles. The maximum absolute atomic E-state index is 4.53. The van der Waals surface area contributed by atoms with Crippen LogP contribution >= 0.6 is 11.7 Å². The molecule has 2 aromatic rings. The van der Waals surface area contributed by atoms with Gasteiger partial charge >= 0.3 is 0 Å². The summed E-state index contributed by atoms with van der Waals surface area (Å²) in [5.74, 6) is 3.27. The SMILES string of the molecule is C1CC1CNc1nc2nsnc2nc1NCC1CC1. The third-order valence-electron chi connectivity index (χ3n) is 3.62. The molecule has 100 valence electrons. The van der Waals surface area contributed by atoms with Gasteiger partial charge in [0.2, 0.25) is 11.3 Å². The summed E-state index contributed by atoms with van der Waals surface area (Å²) in [4.78, 5) is 9.07. The molecule has 0 bridgehead atoms. The van der Waals surface area contributed by atoms with Gasteiger partial charge in [-0.2, -0.15) is 8.75 Å². The van der Waals surface area contributed by atoms with Crippen LogP contribution in [0.3, 0.4) is 0 Å². The van der Waals surface area contributed by atoms with Crippen LogP contribution in [0.1, 0.15) is 25.7 Å². The van der Waals surface area contributed by atoms with Gasteiger partial charge in [-0.25, -0.2) is 9.97 Å². The number of nitrogens with zero attached hydrogens (tertiary/aromatic N) is 4. The summed E-state index contributed by atoms with van der Waals surface area (Å²) >= 11 is 1.16. The highest BCUT2D eigenvalue weighted by molar-refractivity contribution is 6.99. The van der Waals surface area contributed by atoms with Crippen LogP contribution in [0.25, 0.3) is 11.3 Å². The Morgan fingerprint density at radius 2 is 1.32 bits per heavy atom. The molecule has 0 unspecified atom stereocenters. The number of fused-ring (bicyclic) bond motifs is 1. The fourth-order valence-corrected chi connectivity index (χ4v) is 2.45. The van der Waals surface area contributed by atoms with Gasteiger partial charge < -0.3 is 10.6 Å². The van der Waals surface area contributed by atoms with E-state index in [0.717, 1.165) is 48.3 Å². The summed E-state index contributed by atoms with van der Waals surface area (Å²) < 4.78 is 8.32. The van der Waals surface area contributed by atoms with Gasteiger partial charge in [0.25, 0.3) is 0 Å². The maximum Gasteiger partial charge on any atom is 0.214 e. The molecular formula is C12H16N6S. The Labute approximate surface area is 115 Å². The number of nitrogens with one attached hydrogen (secondary N) is 2. The zero-order valence-electron chi connectivity index (χ0n) is 10.6. The van der Waals surface area contributed by atoms with Crippen molar-refractivity contribution < 1.29 is 0 Å². The molecule has 6 nitrogen and oxygen atoms in total. The first-order chi connectivity index (χ1) is 9.38. The lowest BCUT2D eigenvalue weighted by Gasteiger charge is -2.11. The number of rotatable bonds is 6. The topological polar surface area (TPSA) is 75.6 Å². The van der Waals surface area contributed by atoms with Crippen molar-refractivity contribution in [1.82, 2.24) is 18.7 Å². The molecule has 0 aromatic carbocycles. The summed E-state index contributed by atoms with van der Waals surface area (Å²) in [5, 5.41) is 6.80. The average Bonchev–Trinajstić information content (AvgIpc) is 3.33. The highest BCUT2D eigenvalue weighted by Gasteiger charge is 2.24. The predicted octanol–water partition coefficient (Wildman–Crippen LogP) is 2.13. The van der Waals surface area contributed by atoms with E-state index in [1.165, 1.54) is 25.7 Å². The van der Waals surface area contributed by atoms with Gasteiger partial charge in [-0.15, -0.1) is 0 Å². The van der Waals surface area contributed by atoms with Crippen molar-refractivity contribution in [2.24, 2.45) is 11.8 Å². The highest BCUT2D eigenvalue weighted by Crippen LogP contribution is 2.31. The zero-order chi connectivity index (χ0) is 12.7. The lowest BCUT2D eigenvalue weighted by Crippen LogP contribution is -2.12. The van der Waals surface area contributed by atoms with Crippen LogP contribution in [0.4, 0.5) is 11.6 Å². The molecule has 2 aromatic heterocycles. The number of hydrogen-bond donors (Lipinski definition) is 2. The Hall–Kier alpha value is -1.50. The summed E-state index contributed by atoms with van der Waals surface area (Å²) in [6.07, 6.45) is 5.30. The molecule has 0 amide bonds. The van der Waals surface area contributed by atoms with E-state index in [4.69, 9.17) is 0 Å². The molecule has 0 saturated heterocycles. The summed E-state index contributed by atoms with van der Waals surface area (Å²) in [6.45, 7) is 1.96. The highest BCUT2D eigenvalue weighted by atomic mass is 32.1. The fourth-order valence-electron chi connectivity index (χ4n) is 2.01. The number of anilines is 2. The van der Waals surface area contributed by atoms with Gasteiger partial charge in [0, 0.05) is 13.1 Å². The van der Waals surface area contributed by atoms with Crippen LogP contribution in [0.2, 0.25) is 0 Å². The van der Waals surface area contributed by atoms with Gasteiger partial charge in [-0.3, -0.25) is 0 Å². The second kappa shape index (κ2) is 4.56. The molecule has 2 heterocycles. The Kier molecular flexibility index (Phi) is 2.72. The lowest BCUT2D eigenvalue weighted by molar-refractivity contribution is 0.869. The molecule has 0 radical (unpaired) electrons. The fraction of sp³-hybridized carbons (Fsp3) is 0.667. The second-order valence-electron chi connectivity index (χ2n) is 5.48. The standard InChI is InChI=1S/C12H16N6S/c1-2-7(1)5-13-9-10(14-6-8-3-4-8)16-12-11(15-9)17-19-18-12/h7-8H,1-6H2,(H,13,15,17)(H,14,16,18). The molecule has 2 aliphatic rings. The van der Waals surface area contributed by atoms with Crippen molar-refractivity contribution >= 4 is 34.7 Å². The van der Waals surface area contributed by atoms with E-state index in [2.05, 4.69) is 29.3 Å².